The fourth-order valence-electron chi connectivity index (χ4n) is 4.23. The van der Waals surface area contributed by atoms with E-state index in [-0.39, 0.29) is 29.5 Å². The van der Waals surface area contributed by atoms with Crippen LogP contribution in [0.2, 0.25) is 0 Å². The lowest BCUT2D eigenvalue weighted by atomic mass is 9.95. The molecule has 8 nitrogen and oxygen atoms in total. The number of hydrogen-bond acceptors (Lipinski definition) is 7. The number of thiophene rings is 1. The number of hydrogen-bond donors (Lipinski definition) is 2. The number of nitrogens with zero attached hydrogens (tertiary/aromatic N) is 2. The molecule has 1 saturated heterocycles. The predicted octanol–water partition coefficient (Wildman–Crippen LogP) is 3.98. The van der Waals surface area contributed by atoms with Gasteiger partial charge in [-0.1, -0.05) is 24.3 Å². The zero-order valence-electron chi connectivity index (χ0n) is 20.5. The molecular formula is C24H25F4N3O5S3. The van der Waals surface area contributed by atoms with Gasteiger partial charge in [-0.05, 0) is 54.3 Å². The van der Waals surface area contributed by atoms with Gasteiger partial charge in [0, 0.05) is 25.3 Å². The normalized spacial score (nSPS) is 19.0. The second-order valence-corrected chi connectivity index (χ2v) is 14.0. The van der Waals surface area contributed by atoms with Gasteiger partial charge in [-0.15, -0.1) is 11.3 Å². The van der Waals surface area contributed by atoms with Crippen molar-refractivity contribution in [3.8, 4) is 0 Å². The monoisotopic (exact) mass is 607 g/mol. The van der Waals surface area contributed by atoms with Crippen LogP contribution < -0.4 is 9.62 Å². The van der Waals surface area contributed by atoms with Gasteiger partial charge in [0.25, 0.3) is 10.0 Å². The molecule has 1 aliphatic heterocycles. The van der Waals surface area contributed by atoms with E-state index in [1.54, 1.807) is 16.3 Å². The summed E-state index contributed by atoms with van der Waals surface area (Å²) in [6.07, 6.45) is -4.92. The van der Waals surface area contributed by atoms with Gasteiger partial charge in [0.15, 0.2) is 5.60 Å². The highest BCUT2D eigenvalue weighted by Gasteiger charge is 2.51. The van der Waals surface area contributed by atoms with Crippen molar-refractivity contribution in [2.75, 3.05) is 35.0 Å². The number of benzene rings is 2. The van der Waals surface area contributed by atoms with E-state index in [4.69, 9.17) is 0 Å². The van der Waals surface area contributed by atoms with Crippen LogP contribution in [0.5, 0.6) is 0 Å². The van der Waals surface area contributed by atoms with E-state index < -0.39 is 55.0 Å². The van der Waals surface area contributed by atoms with Crippen molar-refractivity contribution in [2.24, 2.45) is 0 Å². The zero-order valence-corrected chi connectivity index (χ0v) is 22.9. The van der Waals surface area contributed by atoms with Crippen LogP contribution in [0.1, 0.15) is 12.5 Å². The molecule has 2 N–H and O–H groups in total. The minimum Gasteiger partial charge on any atom is -0.376 e. The number of anilines is 2. The lowest BCUT2D eigenvalue weighted by Gasteiger charge is -2.42. The molecule has 1 aliphatic rings. The van der Waals surface area contributed by atoms with Gasteiger partial charge in [-0.2, -0.15) is 17.5 Å². The fraction of sp³-hybridized carbons (Fsp3) is 0.333. The van der Waals surface area contributed by atoms with Gasteiger partial charge < -0.3 is 10.0 Å². The Labute approximate surface area is 227 Å². The molecule has 1 unspecified atom stereocenters. The molecule has 1 fully saturated rings. The Morgan fingerprint density at radius 2 is 1.72 bits per heavy atom. The Morgan fingerprint density at radius 1 is 1.03 bits per heavy atom. The van der Waals surface area contributed by atoms with E-state index >= 15 is 0 Å². The number of sulfonamides is 2. The number of aliphatic hydroxyl groups is 1. The van der Waals surface area contributed by atoms with Crippen LogP contribution in [0, 0.1) is 5.82 Å². The molecule has 0 radical (unpaired) electrons. The Kier molecular flexibility index (Phi) is 8.02. The molecule has 0 spiro atoms. The summed E-state index contributed by atoms with van der Waals surface area (Å²) in [6, 6.07) is 11.7. The fourth-order valence-corrected chi connectivity index (χ4v) is 8.21. The highest BCUT2D eigenvalue weighted by Crippen LogP contribution is 2.39. The molecule has 2 aromatic carbocycles. The third-order valence-corrected chi connectivity index (χ3v) is 11.0. The molecule has 0 saturated carbocycles. The third kappa shape index (κ3) is 6.38. The SMILES string of the molecule is CC(O)(c1ccc(N2CCN(S(=O)(=O)c3cccs3)C[C@@H]2CS(=O)(=O)Nc2cccc(F)c2)cc1)C(F)(F)F. The summed E-state index contributed by atoms with van der Waals surface area (Å²) in [4.78, 5) is 1.59. The van der Waals surface area contributed by atoms with Crippen LogP contribution in [0.15, 0.2) is 70.3 Å². The van der Waals surface area contributed by atoms with Crippen LogP contribution >= 0.6 is 11.3 Å². The van der Waals surface area contributed by atoms with Gasteiger partial charge in [-0.25, -0.2) is 21.2 Å². The second kappa shape index (κ2) is 10.7. The van der Waals surface area contributed by atoms with Crippen molar-refractivity contribution < 1.29 is 39.5 Å². The molecule has 15 heteroatoms. The van der Waals surface area contributed by atoms with Gasteiger partial charge >= 0.3 is 6.18 Å². The summed E-state index contributed by atoms with van der Waals surface area (Å²) in [5.41, 5.74) is -3.18. The topological polar surface area (TPSA) is 107 Å². The van der Waals surface area contributed by atoms with Crippen LogP contribution in [-0.2, 0) is 25.6 Å². The summed E-state index contributed by atoms with van der Waals surface area (Å²) in [7, 11) is -8.05. The van der Waals surface area contributed by atoms with Crippen molar-refractivity contribution in [3.63, 3.8) is 0 Å². The first kappa shape index (κ1) is 29.3. The van der Waals surface area contributed by atoms with E-state index in [0.29, 0.717) is 12.6 Å². The maximum atomic E-state index is 13.6. The number of halogens is 4. The Balaban J connectivity index is 1.64. The molecule has 4 rings (SSSR count). The molecule has 2 heterocycles. The summed E-state index contributed by atoms with van der Waals surface area (Å²) in [5.74, 6) is -1.25. The smallest absolute Gasteiger partial charge is 0.376 e. The van der Waals surface area contributed by atoms with Crippen molar-refractivity contribution in [1.29, 1.82) is 0 Å². The van der Waals surface area contributed by atoms with Gasteiger partial charge in [0.05, 0.1) is 17.5 Å². The van der Waals surface area contributed by atoms with Crippen LogP contribution in [0.4, 0.5) is 28.9 Å². The van der Waals surface area contributed by atoms with Crippen molar-refractivity contribution >= 4 is 42.8 Å². The van der Waals surface area contributed by atoms with Gasteiger partial charge in [-0.3, -0.25) is 4.72 Å². The number of rotatable bonds is 8. The zero-order chi connectivity index (χ0) is 28.6. The van der Waals surface area contributed by atoms with Gasteiger partial charge in [0.1, 0.15) is 10.0 Å². The summed E-state index contributed by atoms with van der Waals surface area (Å²) in [5, 5.41) is 11.6. The minimum absolute atomic E-state index is 0.00385. The highest BCUT2D eigenvalue weighted by atomic mass is 32.2. The minimum atomic E-state index is -4.92. The molecular weight excluding hydrogens is 582 g/mol. The Hall–Kier alpha value is -2.72. The maximum absolute atomic E-state index is 13.6. The van der Waals surface area contributed by atoms with Crippen LogP contribution in [0.3, 0.4) is 0 Å². The molecule has 39 heavy (non-hydrogen) atoms. The summed E-state index contributed by atoms with van der Waals surface area (Å²) in [6.45, 7) is 0.436. The standard InChI is InChI=1S/C24H25F4N3O5S3/c1-23(32,24(26,27)28)17-7-9-20(10-8-17)31-12-11-30(39(35,36)22-6-3-13-37-22)15-21(31)16-38(33,34)29-19-5-2-4-18(25)14-19/h2-10,13-14,21,29,32H,11-12,15-16H2,1H3/t21-,23?/m1/s1. The molecule has 1 aromatic heterocycles. The molecule has 0 amide bonds. The average molecular weight is 608 g/mol. The van der Waals surface area contributed by atoms with Crippen molar-refractivity contribution in [1.82, 2.24) is 4.31 Å². The molecule has 3 aromatic rings. The van der Waals surface area contributed by atoms with E-state index in [1.165, 1.54) is 34.6 Å². The Morgan fingerprint density at radius 3 is 2.31 bits per heavy atom. The average Bonchev–Trinajstić information content (AvgIpc) is 3.39. The van der Waals surface area contributed by atoms with Crippen LogP contribution in [0.25, 0.3) is 0 Å². The Bertz CT molecular complexity index is 1510. The van der Waals surface area contributed by atoms with Crippen molar-refractivity contribution in [3.05, 3.63) is 77.4 Å². The maximum Gasteiger partial charge on any atom is 0.421 e. The third-order valence-electron chi connectivity index (χ3n) is 6.36. The number of nitrogens with one attached hydrogen (secondary N) is 1. The van der Waals surface area contributed by atoms with E-state index in [1.807, 2.05) is 0 Å². The summed E-state index contributed by atoms with van der Waals surface area (Å²) < 4.78 is 109. The lowest BCUT2D eigenvalue weighted by molar-refractivity contribution is -0.258. The van der Waals surface area contributed by atoms with Crippen LogP contribution in [-0.4, -0.2) is 63.9 Å². The number of piperazine rings is 1. The second-order valence-electron chi connectivity index (χ2n) is 9.15. The van der Waals surface area contributed by atoms with Gasteiger partial charge in [0.2, 0.25) is 10.0 Å². The summed E-state index contributed by atoms with van der Waals surface area (Å²) >= 11 is 1.02. The van der Waals surface area contributed by atoms with E-state index in [2.05, 4.69) is 4.72 Å². The lowest BCUT2D eigenvalue weighted by Crippen LogP contribution is -2.57. The first-order valence-electron chi connectivity index (χ1n) is 11.6. The van der Waals surface area contributed by atoms with E-state index in [0.717, 1.165) is 35.6 Å². The predicted molar refractivity (Wildman–Crippen MR) is 140 cm³/mol. The number of alkyl halides is 3. The molecule has 212 valence electrons. The molecule has 2 atom stereocenters. The largest absolute Gasteiger partial charge is 0.421 e. The molecule has 0 bridgehead atoms. The highest BCUT2D eigenvalue weighted by molar-refractivity contribution is 7.92. The first-order valence-corrected chi connectivity index (χ1v) is 15.5. The molecule has 0 aliphatic carbocycles. The van der Waals surface area contributed by atoms with Crippen molar-refractivity contribution in [2.45, 2.75) is 29.0 Å². The quantitative estimate of drug-likeness (QED) is 0.376. The van der Waals surface area contributed by atoms with E-state index in [9.17, 15) is 39.5 Å². The first-order chi connectivity index (χ1) is 18.1.